The number of pyridine rings is 1. The molecule has 0 radical (unpaired) electrons. The van der Waals surface area contributed by atoms with Crippen molar-refractivity contribution in [2.75, 3.05) is 6.26 Å². The van der Waals surface area contributed by atoms with Crippen LogP contribution in [-0.4, -0.2) is 27.1 Å². The van der Waals surface area contributed by atoms with Crippen LogP contribution in [0.1, 0.15) is 38.8 Å². The summed E-state index contributed by atoms with van der Waals surface area (Å²) >= 11 is 0. The van der Waals surface area contributed by atoms with Gasteiger partial charge in [0.2, 0.25) is 0 Å². The molecule has 0 unspecified atom stereocenters. The highest BCUT2D eigenvalue weighted by molar-refractivity contribution is 7.93. The molecule has 0 aliphatic carbocycles. The van der Waals surface area contributed by atoms with Crippen LogP contribution in [0.2, 0.25) is 0 Å². The van der Waals surface area contributed by atoms with Gasteiger partial charge in [-0.25, -0.2) is 4.21 Å². The van der Waals surface area contributed by atoms with Gasteiger partial charge in [0.25, 0.3) is 5.91 Å². The lowest BCUT2D eigenvalue weighted by molar-refractivity contribution is 0.0999. The van der Waals surface area contributed by atoms with Gasteiger partial charge in [0, 0.05) is 40.2 Å². The van der Waals surface area contributed by atoms with Gasteiger partial charge in [-0.05, 0) is 37.3 Å². The Morgan fingerprint density at radius 1 is 0.897 bits per heavy atom. The second-order valence-corrected chi connectivity index (χ2v) is 8.62. The maximum Gasteiger partial charge on any atom is 0.286 e. The van der Waals surface area contributed by atoms with Gasteiger partial charge >= 0.3 is 0 Å². The van der Waals surface area contributed by atoms with Gasteiger partial charge in [-0.3, -0.25) is 14.6 Å². The summed E-state index contributed by atoms with van der Waals surface area (Å²) in [4.78, 5) is 28.3. The highest BCUT2D eigenvalue weighted by Crippen LogP contribution is 2.13. The summed E-state index contributed by atoms with van der Waals surface area (Å²) in [6.45, 7) is 1.51. The van der Waals surface area contributed by atoms with Crippen LogP contribution < -0.4 is 0 Å². The van der Waals surface area contributed by atoms with Crippen molar-refractivity contribution in [3.8, 4) is 11.8 Å². The predicted octanol–water partition coefficient (Wildman–Crippen LogP) is 3.98. The van der Waals surface area contributed by atoms with Crippen LogP contribution in [0.15, 0.2) is 82.3 Å². The third-order valence-corrected chi connectivity index (χ3v) is 5.73. The van der Waals surface area contributed by atoms with E-state index in [1.807, 2.05) is 0 Å². The summed E-state index contributed by atoms with van der Waals surface area (Å²) in [7, 11) is -2.85. The molecule has 144 valence electrons. The fourth-order valence-corrected chi connectivity index (χ4v) is 3.68. The van der Waals surface area contributed by atoms with Crippen molar-refractivity contribution in [3.05, 3.63) is 95.3 Å². The summed E-state index contributed by atoms with van der Waals surface area (Å²) in [5.74, 6) is 5.29. The Morgan fingerprint density at radius 3 is 2.21 bits per heavy atom. The molecule has 3 rings (SSSR count). The summed E-state index contributed by atoms with van der Waals surface area (Å²) in [6.07, 6.45) is 4.34. The zero-order valence-electron chi connectivity index (χ0n) is 16.0. The molecule has 3 aromatic rings. The van der Waals surface area contributed by atoms with Crippen LogP contribution in [0, 0.1) is 11.8 Å². The molecule has 0 spiro atoms. The number of amides is 1. The minimum absolute atomic E-state index is 0.00770. The smallest absolute Gasteiger partial charge is 0.286 e. The van der Waals surface area contributed by atoms with Crippen molar-refractivity contribution in [3.63, 3.8) is 0 Å². The van der Waals surface area contributed by atoms with Gasteiger partial charge in [0.05, 0.1) is 15.3 Å². The molecule has 0 N–H and O–H groups in total. The first-order valence-electron chi connectivity index (χ1n) is 8.75. The second-order valence-electron chi connectivity index (χ2n) is 6.36. The maximum atomic E-state index is 12.8. The number of carbonyl (C=O) groups excluding carboxylic acids is 2. The van der Waals surface area contributed by atoms with Crippen LogP contribution in [0.25, 0.3) is 0 Å². The molecular formula is C23H18N2O3S. The van der Waals surface area contributed by atoms with Crippen LogP contribution >= 0.6 is 0 Å². The van der Waals surface area contributed by atoms with E-state index in [4.69, 9.17) is 0 Å². The molecule has 0 aliphatic heterocycles. The van der Waals surface area contributed by atoms with E-state index in [0.29, 0.717) is 16.0 Å². The Balaban J connectivity index is 1.85. The first-order chi connectivity index (χ1) is 13.8. The SMILES string of the molecule is CC(=O)c1ccc(C#Cc2cncc(C(=O)N=[S@@](C)(=O)c3ccccc3)c2)cc1. The Hall–Kier alpha value is -3.56. The Morgan fingerprint density at radius 2 is 1.55 bits per heavy atom. The molecule has 5 nitrogen and oxygen atoms in total. The van der Waals surface area contributed by atoms with Gasteiger partial charge in [-0.2, -0.15) is 4.36 Å². The quantitative estimate of drug-likeness (QED) is 0.490. The van der Waals surface area contributed by atoms with Gasteiger partial charge in [0.1, 0.15) is 0 Å². The molecule has 6 heteroatoms. The molecule has 1 heterocycles. The lowest BCUT2D eigenvalue weighted by Crippen LogP contribution is -2.04. The Kier molecular flexibility index (Phi) is 6.01. The highest BCUT2D eigenvalue weighted by atomic mass is 32.2. The van der Waals surface area contributed by atoms with Gasteiger partial charge in [0.15, 0.2) is 5.78 Å². The highest BCUT2D eigenvalue weighted by Gasteiger charge is 2.11. The monoisotopic (exact) mass is 402 g/mol. The standard InChI is InChI=1S/C23H18N2O3S/c1-17(26)20-12-10-18(11-13-20)8-9-19-14-21(16-24-15-19)23(27)25-29(2,28)22-6-4-3-5-7-22/h3-7,10-16H,1-2H3/t29-/m0/s1. The van der Waals surface area contributed by atoms with E-state index in [1.54, 1.807) is 60.7 Å². The zero-order valence-corrected chi connectivity index (χ0v) is 16.8. The van der Waals surface area contributed by atoms with Gasteiger partial charge < -0.3 is 0 Å². The number of aromatic nitrogens is 1. The Labute approximate surface area is 170 Å². The van der Waals surface area contributed by atoms with Crippen molar-refractivity contribution in [2.45, 2.75) is 11.8 Å². The van der Waals surface area contributed by atoms with Crippen molar-refractivity contribution < 1.29 is 13.8 Å². The number of carbonyl (C=O) groups is 2. The first kappa shape index (κ1) is 20.2. The normalized spacial score (nSPS) is 12.2. The summed E-state index contributed by atoms with van der Waals surface area (Å²) in [5.41, 5.74) is 2.10. The minimum atomic E-state index is -2.85. The average Bonchev–Trinajstić information content (AvgIpc) is 2.73. The average molecular weight is 402 g/mol. The van der Waals surface area contributed by atoms with Crippen molar-refractivity contribution >= 4 is 21.4 Å². The molecule has 1 atom stereocenters. The first-order valence-corrected chi connectivity index (χ1v) is 10.7. The lowest BCUT2D eigenvalue weighted by Gasteiger charge is -2.03. The molecular weight excluding hydrogens is 384 g/mol. The molecule has 1 amide bonds. The summed E-state index contributed by atoms with van der Waals surface area (Å²) < 4.78 is 16.7. The van der Waals surface area contributed by atoms with E-state index in [2.05, 4.69) is 21.2 Å². The number of hydrogen-bond acceptors (Lipinski definition) is 4. The van der Waals surface area contributed by atoms with Crippen LogP contribution in [-0.2, 0) is 9.73 Å². The zero-order chi connectivity index (χ0) is 20.9. The molecule has 0 aliphatic rings. The summed E-state index contributed by atoms with van der Waals surface area (Å²) in [6, 6.07) is 17.2. The number of benzene rings is 2. The predicted molar refractivity (Wildman–Crippen MR) is 112 cm³/mol. The van der Waals surface area contributed by atoms with Crippen LogP contribution in [0.4, 0.5) is 0 Å². The van der Waals surface area contributed by atoms with Gasteiger partial charge in [-0.1, -0.05) is 42.2 Å². The molecule has 1 aromatic heterocycles. The third kappa shape index (κ3) is 5.24. The van der Waals surface area contributed by atoms with Crippen molar-refractivity contribution in [1.29, 1.82) is 0 Å². The molecule has 0 fully saturated rings. The fourth-order valence-electron chi connectivity index (χ4n) is 2.49. The topological polar surface area (TPSA) is 76.5 Å². The summed E-state index contributed by atoms with van der Waals surface area (Å²) in [5, 5.41) is 0. The van der Waals surface area contributed by atoms with Gasteiger partial charge in [-0.15, -0.1) is 0 Å². The van der Waals surface area contributed by atoms with E-state index in [1.165, 1.54) is 25.6 Å². The van der Waals surface area contributed by atoms with E-state index in [-0.39, 0.29) is 11.3 Å². The van der Waals surface area contributed by atoms with E-state index < -0.39 is 15.6 Å². The molecule has 0 bridgehead atoms. The largest absolute Gasteiger partial charge is 0.295 e. The number of nitrogens with zero attached hydrogens (tertiary/aromatic N) is 2. The molecule has 0 saturated carbocycles. The van der Waals surface area contributed by atoms with Crippen LogP contribution in [0.3, 0.4) is 0 Å². The number of ketones is 1. The fraction of sp³-hybridized carbons (Fsp3) is 0.0870. The molecule has 0 saturated heterocycles. The van der Waals surface area contributed by atoms with E-state index in [0.717, 1.165) is 5.56 Å². The third-order valence-electron chi connectivity index (χ3n) is 4.07. The lowest BCUT2D eigenvalue weighted by atomic mass is 10.1. The number of hydrogen-bond donors (Lipinski definition) is 0. The van der Waals surface area contributed by atoms with Crippen LogP contribution in [0.5, 0.6) is 0 Å². The van der Waals surface area contributed by atoms with E-state index >= 15 is 0 Å². The van der Waals surface area contributed by atoms with Crippen molar-refractivity contribution in [1.82, 2.24) is 4.98 Å². The Bertz CT molecular complexity index is 1240. The van der Waals surface area contributed by atoms with E-state index in [9.17, 15) is 13.8 Å². The second kappa shape index (κ2) is 8.63. The molecule has 29 heavy (non-hydrogen) atoms. The molecule has 2 aromatic carbocycles. The number of Topliss-reactive ketones (excluding diaryl/α,β-unsaturated/α-hetero) is 1. The maximum absolute atomic E-state index is 12.8. The minimum Gasteiger partial charge on any atom is -0.295 e. The number of rotatable bonds is 3. The van der Waals surface area contributed by atoms with Crippen molar-refractivity contribution in [2.24, 2.45) is 4.36 Å².